The minimum atomic E-state index is 0.400. The lowest BCUT2D eigenvalue weighted by Crippen LogP contribution is -2.13. The Hall–Kier alpha value is -1.59. The van der Waals surface area contributed by atoms with E-state index in [1.807, 2.05) is 0 Å². The molecule has 1 fully saturated rings. The van der Waals surface area contributed by atoms with Crippen molar-refractivity contribution in [2.24, 2.45) is 5.92 Å². The Morgan fingerprint density at radius 3 is 2.55 bits per heavy atom. The van der Waals surface area contributed by atoms with Gasteiger partial charge in [0.2, 0.25) is 11.9 Å². The largest absolute Gasteiger partial charge is 0.463 e. The molecule has 1 aromatic rings. The van der Waals surface area contributed by atoms with Gasteiger partial charge >= 0.3 is 6.01 Å². The third kappa shape index (κ3) is 4.21. The molecule has 0 aliphatic heterocycles. The van der Waals surface area contributed by atoms with Crippen molar-refractivity contribution in [1.29, 1.82) is 0 Å². The minimum absolute atomic E-state index is 0.400. The molecule has 112 valence electrons. The van der Waals surface area contributed by atoms with Crippen LogP contribution in [0.25, 0.3) is 0 Å². The number of aromatic nitrogens is 3. The predicted molar refractivity (Wildman–Crippen MR) is 80.2 cm³/mol. The van der Waals surface area contributed by atoms with Gasteiger partial charge in [-0.3, -0.25) is 0 Å². The first-order valence-corrected chi connectivity index (χ1v) is 7.66. The topological polar surface area (TPSA) is 72.0 Å². The van der Waals surface area contributed by atoms with Crippen molar-refractivity contribution in [2.75, 3.05) is 23.8 Å². The van der Waals surface area contributed by atoms with Crippen LogP contribution in [-0.4, -0.2) is 34.1 Å². The molecule has 2 unspecified atom stereocenters. The molecule has 0 saturated heterocycles. The van der Waals surface area contributed by atoms with Crippen LogP contribution in [0.4, 0.5) is 11.9 Å². The Bertz CT molecular complexity index is 400. The molecular formula is C14H25N5O. The van der Waals surface area contributed by atoms with E-state index in [0.29, 0.717) is 30.6 Å². The van der Waals surface area contributed by atoms with Crippen LogP contribution in [0.5, 0.6) is 6.01 Å². The van der Waals surface area contributed by atoms with Gasteiger partial charge in [-0.2, -0.15) is 15.0 Å². The molecule has 2 rings (SSSR count). The fourth-order valence-corrected chi connectivity index (χ4v) is 2.04. The number of nitrogens with zero attached hydrogens (tertiary/aromatic N) is 3. The van der Waals surface area contributed by atoms with E-state index < -0.39 is 0 Å². The van der Waals surface area contributed by atoms with E-state index in [-0.39, 0.29) is 0 Å². The summed E-state index contributed by atoms with van der Waals surface area (Å²) < 4.78 is 5.53. The summed E-state index contributed by atoms with van der Waals surface area (Å²) in [5.41, 5.74) is 0. The Labute approximate surface area is 120 Å². The lowest BCUT2D eigenvalue weighted by atomic mass is 10.3. The number of anilines is 2. The molecule has 0 spiro atoms. The number of nitrogens with one attached hydrogen (secondary N) is 2. The monoisotopic (exact) mass is 279 g/mol. The van der Waals surface area contributed by atoms with E-state index in [1.54, 1.807) is 0 Å². The zero-order chi connectivity index (χ0) is 14.4. The molecule has 0 radical (unpaired) electrons. The summed E-state index contributed by atoms with van der Waals surface area (Å²) in [4.78, 5) is 13.0. The first-order chi connectivity index (χ1) is 9.76. The van der Waals surface area contributed by atoms with Crippen molar-refractivity contribution in [3.05, 3.63) is 0 Å². The van der Waals surface area contributed by atoms with Gasteiger partial charge in [-0.25, -0.2) is 0 Å². The van der Waals surface area contributed by atoms with Crippen LogP contribution in [0.3, 0.4) is 0 Å². The predicted octanol–water partition coefficient (Wildman–Crippen LogP) is 2.69. The van der Waals surface area contributed by atoms with Crippen molar-refractivity contribution < 1.29 is 4.74 Å². The lowest BCUT2D eigenvalue weighted by Gasteiger charge is -2.10. The molecule has 2 N–H and O–H groups in total. The molecule has 0 aromatic carbocycles. The van der Waals surface area contributed by atoms with E-state index in [4.69, 9.17) is 4.74 Å². The molecule has 1 saturated carbocycles. The maximum atomic E-state index is 5.53. The number of hydrogen-bond acceptors (Lipinski definition) is 6. The van der Waals surface area contributed by atoms with E-state index in [0.717, 1.165) is 25.3 Å². The second-order valence-corrected chi connectivity index (χ2v) is 5.20. The van der Waals surface area contributed by atoms with Gasteiger partial charge in [-0.15, -0.1) is 0 Å². The summed E-state index contributed by atoms with van der Waals surface area (Å²) in [6, 6.07) is 0.900. The summed E-state index contributed by atoms with van der Waals surface area (Å²) in [5.74, 6) is 1.95. The summed E-state index contributed by atoms with van der Waals surface area (Å²) >= 11 is 0. The standard InChI is InChI=1S/C14H25N5O/c1-4-7-15-12-17-13(16-11-9-10(11)6-3)19-14(18-12)20-8-5-2/h10-11H,4-9H2,1-3H3,(H2,15,16,17,18,19). The molecule has 6 heteroatoms. The fraction of sp³-hybridized carbons (Fsp3) is 0.786. The van der Waals surface area contributed by atoms with Gasteiger partial charge in [0.05, 0.1) is 6.61 Å². The van der Waals surface area contributed by atoms with Gasteiger partial charge in [-0.1, -0.05) is 27.2 Å². The Morgan fingerprint density at radius 1 is 1.10 bits per heavy atom. The number of rotatable bonds is 9. The second kappa shape index (κ2) is 7.26. The summed E-state index contributed by atoms with van der Waals surface area (Å²) in [7, 11) is 0. The smallest absolute Gasteiger partial charge is 0.323 e. The van der Waals surface area contributed by atoms with Gasteiger partial charge < -0.3 is 15.4 Å². The maximum absolute atomic E-state index is 5.53. The molecule has 0 amide bonds. The van der Waals surface area contributed by atoms with Crippen molar-refractivity contribution in [2.45, 2.75) is 52.5 Å². The van der Waals surface area contributed by atoms with Crippen LogP contribution in [0.2, 0.25) is 0 Å². The highest BCUT2D eigenvalue weighted by atomic mass is 16.5. The first-order valence-electron chi connectivity index (χ1n) is 7.66. The highest BCUT2D eigenvalue weighted by Crippen LogP contribution is 2.35. The van der Waals surface area contributed by atoms with Gasteiger partial charge in [0.1, 0.15) is 0 Å². The quantitative estimate of drug-likeness (QED) is 0.724. The summed E-state index contributed by atoms with van der Waals surface area (Å²) in [6.45, 7) is 7.85. The molecule has 2 atom stereocenters. The average molecular weight is 279 g/mol. The van der Waals surface area contributed by atoms with Gasteiger partial charge in [0.25, 0.3) is 0 Å². The highest BCUT2D eigenvalue weighted by Gasteiger charge is 2.35. The molecule has 1 heterocycles. The van der Waals surface area contributed by atoms with Crippen LogP contribution < -0.4 is 15.4 Å². The van der Waals surface area contributed by atoms with Crippen molar-refractivity contribution in [3.63, 3.8) is 0 Å². The van der Waals surface area contributed by atoms with E-state index in [2.05, 4.69) is 46.4 Å². The molecule has 1 aromatic heterocycles. The van der Waals surface area contributed by atoms with Crippen LogP contribution in [0.15, 0.2) is 0 Å². The molecule has 0 bridgehead atoms. The zero-order valence-electron chi connectivity index (χ0n) is 12.6. The molecule has 1 aliphatic carbocycles. The first kappa shape index (κ1) is 14.8. The third-order valence-corrected chi connectivity index (χ3v) is 3.34. The van der Waals surface area contributed by atoms with E-state index >= 15 is 0 Å². The number of hydrogen-bond donors (Lipinski definition) is 2. The van der Waals surface area contributed by atoms with Crippen LogP contribution in [-0.2, 0) is 0 Å². The van der Waals surface area contributed by atoms with Crippen LogP contribution in [0, 0.1) is 5.92 Å². The number of ether oxygens (including phenoxy) is 1. The van der Waals surface area contributed by atoms with Gasteiger partial charge in [0, 0.05) is 12.6 Å². The van der Waals surface area contributed by atoms with Crippen LogP contribution in [0.1, 0.15) is 46.5 Å². The molecule has 6 nitrogen and oxygen atoms in total. The van der Waals surface area contributed by atoms with Crippen LogP contribution >= 0.6 is 0 Å². The minimum Gasteiger partial charge on any atom is -0.463 e. The Kier molecular flexibility index (Phi) is 5.38. The second-order valence-electron chi connectivity index (χ2n) is 5.20. The highest BCUT2D eigenvalue weighted by molar-refractivity contribution is 5.38. The zero-order valence-corrected chi connectivity index (χ0v) is 12.6. The fourth-order valence-electron chi connectivity index (χ4n) is 2.04. The maximum Gasteiger partial charge on any atom is 0.323 e. The van der Waals surface area contributed by atoms with E-state index in [1.165, 1.54) is 12.8 Å². The molecule has 20 heavy (non-hydrogen) atoms. The Morgan fingerprint density at radius 2 is 1.90 bits per heavy atom. The SMILES string of the molecule is CCCNc1nc(NC2CC2CC)nc(OCCC)n1. The Balaban J connectivity index is 2.03. The van der Waals surface area contributed by atoms with Gasteiger partial charge in [-0.05, 0) is 25.2 Å². The van der Waals surface area contributed by atoms with Crippen molar-refractivity contribution >= 4 is 11.9 Å². The summed E-state index contributed by atoms with van der Waals surface area (Å²) in [5, 5.41) is 6.56. The van der Waals surface area contributed by atoms with Crippen molar-refractivity contribution in [3.8, 4) is 6.01 Å². The van der Waals surface area contributed by atoms with Crippen molar-refractivity contribution in [1.82, 2.24) is 15.0 Å². The third-order valence-electron chi connectivity index (χ3n) is 3.34. The van der Waals surface area contributed by atoms with Gasteiger partial charge in [0.15, 0.2) is 0 Å². The molecular weight excluding hydrogens is 254 g/mol. The average Bonchev–Trinajstić information content (AvgIpc) is 3.21. The summed E-state index contributed by atoms with van der Waals surface area (Å²) in [6.07, 6.45) is 4.36. The normalized spacial score (nSPS) is 20.6. The molecule has 1 aliphatic rings. The lowest BCUT2D eigenvalue weighted by molar-refractivity contribution is 0.292. The van der Waals surface area contributed by atoms with E-state index in [9.17, 15) is 0 Å².